The summed E-state index contributed by atoms with van der Waals surface area (Å²) in [4.78, 5) is 0. The Balaban J connectivity index is 1.57. The molecule has 2 aromatic carbocycles. The van der Waals surface area contributed by atoms with E-state index >= 15 is 0 Å². The maximum Gasteiger partial charge on any atom is 0.170 e. The van der Waals surface area contributed by atoms with Crippen molar-refractivity contribution in [3.8, 4) is 11.1 Å². The fraction of sp³-hybridized carbons (Fsp3) is 0.286. The molecule has 3 heteroatoms. The van der Waals surface area contributed by atoms with E-state index in [4.69, 9.17) is 12.2 Å². The van der Waals surface area contributed by atoms with Gasteiger partial charge in [-0.25, -0.2) is 0 Å². The van der Waals surface area contributed by atoms with Crippen LogP contribution in [0.15, 0.2) is 66.2 Å². The number of rotatable bonds is 5. The van der Waals surface area contributed by atoms with Crippen LogP contribution >= 0.6 is 12.2 Å². The molecule has 3 rings (SSSR count). The number of benzene rings is 2. The van der Waals surface area contributed by atoms with E-state index in [1.807, 2.05) is 12.1 Å². The van der Waals surface area contributed by atoms with E-state index in [9.17, 15) is 0 Å². The van der Waals surface area contributed by atoms with E-state index in [-0.39, 0.29) is 0 Å². The lowest BCUT2D eigenvalue weighted by atomic mass is 9.97. The maximum atomic E-state index is 5.47. The standard InChI is InChI=1S/C21H24N2S/c24-21(22-16-15-17-9-3-1-4-10-17)23-20-14-8-7-13-19(20)18-11-5-2-6-12-18/h2,5-9,11-14H,1,3-4,10,15-16H2,(H2,22,23,24). The minimum atomic E-state index is 0.690. The summed E-state index contributed by atoms with van der Waals surface area (Å²) in [6, 6.07) is 18.7. The predicted octanol–water partition coefficient (Wildman–Crippen LogP) is 5.53. The van der Waals surface area contributed by atoms with Gasteiger partial charge in [0, 0.05) is 17.8 Å². The highest BCUT2D eigenvalue weighted by molar-refractivity contribution is 7.80. The van der Waals surface area contributed by atoms with Gasteiger partial charge in [0.15, 0.2) is 5.11 Å². The van der Waals surface area contributed by atoms with E-state index < -0.39 is 0 Å². The normalized spacial score (nSPS) is 13.9. The lowest BCUT2D eigenvalue weighted by Gasteiger charge is -2.16. The highest BCUT2D eigenvalue weighted by Gasteiger charge is 2.07. The lowest BCUT2D eigenvalue weighted by molar-refractivity contribution is 0.669. The molecule has 1 aliphatic carbocycles. The summed E-state index contributed by atoms with van der Waals surface area (Å²) in [5.41, 5.74) is 4.97. The second-order valence-corrected chi connectivity index (χ2v) is 6.56. The Morgan fingerprint density at radius 2 is 1.75 bits per heavy atom. The maximum absolute atomic E-state index is 5.47. The van der Waals surface area contributed by atoms with Gasteiger partial charge in [-0.05, 0) is 56.0 Å². The summed E-state index contributed by atoms with van der Waals surface area (Å²) < 4.78 is 0. The Bertz CT molecular complexity index is 707. The van der Waals surface area contributed by atoms with Gasteiger partial charge in [0.1, 0.15) is 0 Å². The molecule has 2 aromatic rings. The first-order chi connectivity index (χ1) is 11.8. The third-order valence-corrected chi connectivity index (χ3v) is 4.62. The van der Waals surface area contributed by atoms with Crippen LogP contribution in [0.25, 0.3) is 11.1 Å². The van der Waals surface area contributed by atoms with Crippen LogP contribution in [0.1, 0.15) is 32.1 Å². The number of anilines is 1. The van der Waals surface area contributed by atoms with Gasteiger partial charge in [-0.15, -0.1) is 0 Å². The molecular weight excluding hydrogens is 312 g/mol. The van der Waals surface area contributed by atoms with Crippen LogP contribution < -0.4 is 10.6 Å². The molecule has 0 bridgehead atoms. The van der Waals surface area contributed by atoms with Crippen LogP contribution in [-0.4, -0.2) is 11.7 Å². The first-order valence-electron chi connectivity index (χ1n) is 8.70. The van der Waals surface area contributed by atoms with Crippen molar-refractivity contribution < 1.29 is 0 Å². The average Bonchev–Trinajstić information content (AvgIpc) is 2.64. The molecule has 24 heavy (non-hydrogen) atoms. The summed E-state index contributed by atoms with van der Waals surface area (Å²) in [5, 5.41) is 7.37. The van der Waals surface area contributed by atoms with Crippen molar-refractivity contribution in [2.75, 3.05) is 11.9 Å². The van der Waals surface area contributed by atoms with Crippen LogP contribution in [-0.2, 0) is 0 Å². The molecular formula is C21H24N2S. The molecule has 0 atom stereocenters. The Hall–Kier alpha value is -2.13. The van der Waals surface area contributed by atoms with E-state index in [0.29, 0.717) is 5.11 Å². The van der Waals surface area contributed by atoms with Gasteiger partial charge >= 0.3 is 0 Å². The highest BCUT2D eigenvalue weighted by Crippen LogP contribution is 2.27. The average molecular weight is 337 g/mol. The second kappa shape index (κ2) is 8.65. The van der Waals surface area contributed by atoms with Crippen molar-refractivity contribution in [2.24, 2.45) is 0 Å². The molecule has 2 nitrogen and oxygen atoms in total. The van der Waals surface area contributed by atoms with Crippen molar-refractivity contribution in [1.82, 2.24) is 5.32 Å². The third-order valence-electron chi connectivity index (χ3n) is 4.38. The Morgan fingerprint density at radius 3 is 2.54 bits per heavy atom. The zero-order chi connectivity index (χ0) is 16.6. The van der Waals surface area contributed by atoms with Crippen molar-refractivity contribution in [3.63, 3.8) is 0 Å². The molecule has 0 spiro atoms. The molecule has 2 N–H and O–H groups in total. The molecule has 0 saturated carbocycles. The van der Waals surface area contributed by atoms with E-state index in [0.717, 1.165) is 24.2 Å². The topological polar surface area (TPSA) is 24.1 Å². The summed E-state index contributed by atoms with van der Waals surface area (Å²) in [7, 11) is 0. The minimum absolute atomic E-state index is 0.690. The first-order valence-corrected chi connectivity index (χ1v) is 9.11. The van der Waals surface area contributed by atoms with Crippen LogP contribution in [0.5, 0.6) is 0 Å². The van der Waals surface area contributed by atoms with E-state index in [1.54, 1.807) is 5.57 Å². The van der Waals surface area contributed by atoms with Gasteiger partial charge in [-0.3, -0.25) is 0 Å². The van der Waals surface area contributed by atoms with Crippen molar-refractivity contribution in [2.45, 2.75) is 32.1 Å². The zero-order valence-electron chi connectivity index (χ0n) is 13.9. The highest BCUT2D eigenvalue weighted by atomic mass is 32.1. The van der Waals surface area contributed by atoms with Crippen LogP contribution in [0, 0.1) is 0 Å². The molecule has 0 radical (unpaired) electrons. The van der Waals surface area contributed by atoms with Crippen LogP contribution in [0.2, 0.25) is 0 Å². The van der Waals surface area contributed by atoms with Crippen molar-refractivity contribution >= 4 is 23.0 Å². The molecule has 0 saturated heterocycles. The Labute approximate surface area is 150 Å². The van der Waals surface area contributed by atoms with Crippen molar-refractivity contribution in [3.05, 3.63) is 66.2 Å². The summed E-state index contributed by atoms with van der Waals surface area (Å²) >= 11 is 5.47. The van der Waals surface area contributed by atoms with Gasteiger partial charge < -0.3 is 10.6 Å². The van der Waals surface area contributed by atoms with E-state index in [1.165, 1.54) is 31.2 Å². The van der Waals surface area contributed by atoms with Crippen LogP contribution in [0.3, 0.4) is 0 Å². The van der Waals surface area contributed by atoms with Gasteiger partial charge in [0.2, 0.25) is 0 Å². The summed E-state index contributed by atoms with van der Waals surface area (Å²) in [6.45, 7) is 0.894. The number of para-hydroxylation sites is 1. The molecule has 0 heterocycles. The fourth-order valence-electron chi connectivity index (χ4n) is 3.10. The third kappa shape index (κ3) is 4.68. The first kappa shape index (κ1) is 16.7. The molecule has 1 aliphatic rings. The van der Waals surface area contributed by atoms with E-state index in [2.05, 4.69) is 59.2 Å². The van der Waals surface area contributed by atoms with Gasteiger partial charge in [-0.2, -0.15) is 0 Å². The van der Waals surface area contributed by atoms with Gasteiger partial charge in [-0.1, -0.05) is 60.2 Å². The van der Waals surface area contributed by atoms with Gasteiger partial charge in [0.25, 0.3) is 0 Å². The molecule has 0 unspecified atom stereocenters. The number of hydrogen-bond donors (Lipinski definition) is 2. The second-order valence-electron chi connectivity index (χ2n) is 6.15. The molecule has 0 amide bonds. The van der Waals surface area contributed by atoms with Crippen LogP contribution in [0.4, 0.5) is 5.69 Å². The number of allylic oxidation sites excluding steroid dienone is 1. The molecule has 0 aliphatic heterocycles. The SMILES string of the molecule is S=C(NCCC1=CCCCC1)Nc1ccccc1-c1ccccc1. The fourth-order valence-corrected chi connectivity index (χ4v) is 3.31. The number of nitrogens with one attached hydrogen (secondary N) is 2. The van der Waals surface area contributed by atoms with Gasteiger partial charge in [0.05, 0.1) is 0 Å². The summed E-state index contributed by atoms with van der Waals surface area (Å²) in [6.07, 6.45) is 8.64. The lowest BCUT2D eigenvalue weighted by Crippen LogP contribution is -2.29. The predicted molar refractivity (Wildman–Crippen MR) is 107 cm³/mol. The molecule has 0 fully saturated rings. The minimum Gasteiger partial charge on any atom is -0.362 e. The monoisotopic (exact) mass is 336 g/mol. The number of hydrogen-bond acceptors (Lipinski definition) is 1. The Kier molecular flexibility index (Phi) is 6.02. The summed E-state index contributed by atoms with van der Waals surface area (Å²) in [5.74, 6) is 0. The van der Waals surface area contributed by atoms with Crippen molar-refractivity contribution in [1.29, 1.82) is 0 Å². The molecule has 124 valence electrons. The number of thiocarbonyl (C=S) groups is 1. The quantitative estimate of drug-likeness (QED) is 0.554. The molecule has 0 aromatic heterocycles. The Morgan fingerprint density at radius 1 is 0.958 bits per heavy atom. The largest absolute Gasteiger partial charge is 0.362 e. The smallest absolute Gasteiger partial charge is 0.170 e. The zero-order valence-corrected chi connectivity index (χ0v) is 14.7.